The van der Waals surface area contributed by atoms with E-state index in [1.807, 2.05) is 36.4 Å². The Hall–Kier alpha value is -2.27. The predicted molar refractivity (Wildman–Crippen MR) is 83.1 cm³/mol. The Morgan fingerprint density at radius 3 is 1.67 bits per heavy atom. The molecule has 0 atom stereocenters. The highest BCUT2D eigenvalue weighted by Gasteiger charge is 1.99. The van der Waals surface area contributed by atoms with Crippen molar-refractivity contribution < 1.29 is 8.42 Å². The fourth-order valence-corrected chi connectivity index (χ4v) is 2.51. The van der Waals surface area contributed by atoms with Crippen molar-refractivity contribution in [1.29, 1.82) is 0 Å². The van der Waals surface area contributed by atoms with E-state index in [1.165, 1.54) is 10.8 Å². The molecule has 0 aliphatic heterocycles. The molecular weight excluding hydrogens is 284 g/mol. The van der Waals surface area contributed by atoms with Crippen LogP contribution in [0.2, 0.25) is 0 Å². The van der Waals surface area contributed by atoms with E-state index in [4.69, 9.17) is 0 Å². The van der Waals surface area contributed by atoms with Crippen LogP contribution in [0.1, 0.15) is 11.4 Å². The van der Waals surface area contributed by atoms with Crippen LogP contribution in [0, 0.1) is 0 Å². The zero-order chi connectivity index (χ0) is 15.0. The highest BCUT2D eigenvalue weighted by atomic mass is 32.2. The summed E-state index contributed by atoms with van der Waals surface area (Å²) in [6.07, 6.45) is 7.56. The number of aromatic nitrogens is 2. The minimum Gasteiger partial charge on any atom is -0.261 e. The van der Waals surface area contributed by atoms with Gasteiger partial charge in [0.05, 0.1) is 0 Å². The third kappa shape index (κ3) is 5.71. The second-order valence-corrected chi connectivity index (χ2v) is 6.11. The molecule has 2 aromatic heterocycles. The fraction of sp³-hybridized carbons (Fsp3) is 0.125. The molecule has 0 unspecified atom stereocenters. The smallest absolute Gasteiger partial charge is 0.192 e. The average molecular weight is 300 g/mol. The van der Waals surface area contributed by atoms with E-state index in [1.54, 1.807) is 24.5 Å². The maximum Gasteiger partial charge on any atom is 0.192 e. The summed E-state index contributed by atoms with van der Waals surface area (Å²) in [4.78, 5) is 8.26. The first-order valence-corrected chi connectivity index (χ1v) is 8.15. The number of allylic oxidation sites excluding steroid dienone is 2. The van der Waals surface area contributed by atoms with Crippen LogP contribution in [0.4, 0.5) is 0 Å². The molecule has 4 nitrogen and oxygen atoms in total. The second-order valence-electron chi connectivity index (χ2n) is 4.38. The van der Waals surface area contributed by atoms with E-state index in [2.05, 4.69) is 9.97 Å². The second kappa shape index (κ2) is 7.50. The van der Waals surface area contributed by atoms with Crippen molar-refractivity contribution in [3.05, 3.63) is 83.1 Å². The Bertz CT molecular complexity index is 651. The molecule has 0 spiro atoms. The van der Waals surface area contributed by atoms with Crippen LogP contribution in [0.15, 0.2) is 71.8 Å². The van der Waals surface area contributed by atoms with Crippen LogP contribution in [0.5, 0.6) is 0 Å². The van der Waals surface area contributed by atoms with Crippen LogP contribution in [-0.4, -0.2) is 18.4 Å². The summed E-state index contributed by atoms with van der Waals surface area (Å²) >= 11 is 0. The Labute approximate surface area is 124 Å². The molecule has 108 valence electrons. The lowest BCUT2D eigenvalue weighted by atomic mass is 10.3. The van der Waals surface area contributed by atoms with E-state index in [9.17, 15) is 8.42 Å². The summed E-state index contributed by atoms with van der Waals surface area (Å²) in [7, 11) is -3.34. The predicted octanol–water partition coefficient (Wildman–Crippen LogP) is 2.70. The number of pyridine rings is 2. The van der Waals surface area contributed by atoms with Gasteiger partial charge in [-0.1, -0.05) is 24.3 Å². The van der Waals surface area contributed by atoms with Gasteiger partial charge in [0.1, 0.15) is 0 Å². The number of nitrogens with zero attached hydrogens (tertiary/aromatic N) is 2. The number of rotatable bonds is 6. The van der Waals surface area contributed by atoms with Crippen molar-refractivity contribution in [2.24, 2.45) is 0 Å². The summed E-state index contributed by atoms with van der Waals surface area (Å²) in [6.45, 7) is 0. The van der Waals surface area contributed by atoms with Crippen LogP contribution in [0.25, 0.3) is 0 Å². The molecule has 0 aliphatic carbocycles. The normalized spacial score (nSPS) is 12.2. The topological polar surface area (TPSA) is 59.9 Å². The molecule has 0 aliphatic rings. The summed E-state index contributed by atoms with van der Waals surface area (Å²) in [6, 6.07) is 11.1. The molecule has 5 heteroatoms. The van der Waals surface area contributed by atoms with Gasteiger partial charge < -0.3 is 0 Å². The van der Waals surface area contributed by atoms with E-state index < -0.39 is 9.84 Å². The highest BCUT2D eigenvalue weighted by Crippen LogP contribution is 2.02. The first kappa shape index (κ1) is 15.1. The molecule has 2 heterocycles. The average Bonchev–Trinajstić information content (AvgIpc) is 2.49. The minimum absolute atomic E-state index is 0.494. The van der Waals surface area contributed by atoms with E-state index in [0.717, 1.165) is 11.4 Å². The van der Waals surface area contributed by atoms with E-state index in [0.29, 0.717) is 12.8 Å². The molecule has 21 heavy (non-hydrogen) atoms. The van der Waals surface area contributed by atoms with Crippen LogP contribution in [-0.2, 0) is 22.7 Å². The Morgan fingerprint density at radius 1 is 0.810 bits per heavy atom. The molecule has 0 saturated heterocycles. The molecule has 0 radical (unpaired) electrons. The van der Waals surface area contributed by atoms with Crippen molar-refractivity contribution >= 4 is 9.84 Å². The Balaban J connectivity index is 1.89. The molecule has 0 bridgehead atoms. The van der Waals surface area contributed by atoms with Gasteiger partial charge in [0.25, 0.3) is 0 Å². The largest absolute Gasteiger partial charge is 0.261 e. The minimum atomic E-state index is -3.34. The monoisotopic (exact) mass is 300 g/mol. The standard InChI is InChI=1S/C16H16N2O2S/c19-21(20,13-5-9-15-7-1-3-11-17-15)14-6-10-16-8-2-4-12-18-16/h1-8,11-14H,9-10H2. The highest BCUT2D eigenvalue weighted by molar-refractivity contribution is 7.97. The first-order chi connectivity index (χ1) is 10.2. The molecule has 0 N–H and O–H groups in total. The molecule has 0 amide bonds. The van der Waals surface area contributed by atoms with Gasteiger partial charge in [0.15, 0.2) is 9.84 Å². The molecule has 2 aromatic rings. The van der Waals surface area contributed by atoms with Crippen molar-refractivity contribution in [2.45, 2.75) is 12.8 Å². The number of hydrogen-bond donors (Lipinski definition) is 0. The number of hydrogen-bond acceptors (Lipinski definition) is 4. The van der Waals surface area contributed by atoms with Gasteiger partial charge >= 0.3 is 0 Å². The van der Waals surface area contributed by atoms with Gasteiger partial charge in [-0.2, -0.15) is 0 Å². The Kier molecular flexibility index (Phi) is 5.40. The third-order valence-corrected chi connectivity index (χ3v) is 3.82. The van der Waals surface area contributed by atoms with Gasteiger partial charge in [-0.3, -0.25) is 9.97 Å². The third-order valence-electron chi connectivity index (χ3n) is 2.68. The SMILES string of the molecule is O=S(=O)(C=CCc1ccccn1)C=CCc1ccccn1. The van der Waals surface area contributed by atoms with E-state index in [-0.39, 0.29) is 0 Å². The van der Waals surface area contributed by atoms with Crippen molar-refractivity contribution in [1.82, 2.24) is 9.97 Å². The molecule has 0 aromatic carbocycles. The van der Waals surface area contributed by atoms with Gasteiger partial charge in [-0.05, 0) is 24.3 Å². The van der Waals surface area contributed by atoms with Crippen LogP contribution < -0.4 is 0 Å². The summed E-state index contributed by atoms with van der Waals surface area (Å²) in [5.74, 6) is 0. The summed E-state index contributed by atoms with van der Waals surface area (Å²) in [5, 5.41) is 2.41. The first-order valence-electron chi connectivity index (χ1n) is 6.54. The molecule has 2 rings (SSSR count). The van der Waals surface area contributed by atoms with Crippen LogP contribution >= 0.6 is 0 Å². The van der Waals surface area contributed by atoms with Crippen molar-refractivity contribution in [3.63, 3.8) is 0 Å². The molecule has 0 saturated carbocycles. The zero-order valence-electron chi connectivity index (χ0n) is 11.5. The Morgan fingerprint density at radius 2 is 1.29 bits per heavy atom. The van der Waals surface area contributed by atoms with E-state index >= 15 is 0 Å². The summed E-state index contributed by atoms with van der Waals surface area (Å²) < 4.78 is 23.6. The fourth-order valence-electron chi connectivity index (χ4n) is 1.69. The van der Waals surface area contributed by atoms with Crippen molar-refractivity contribution in [3.8, 4) is 0 Å². The lowest BCUT2D eigenvalue weighted by molar-refractivity contribution is 0.612. The van der Waals surface area contributed by atoms with Gasteiger partial charge in [0.2, 0.25) is 0 Å². The maximum atomic E-state index is 11.8. The quantitative estimate of drug-likeness (QED) is 0.823. The van der Waals surface area contributed by atoms with Crippen LogP contribution in [0.3, 0.4) is 0 Å². The van der Waals surface area contributed by atoms with Crippen molar-refractivity contribution in [2.75, 3.05) is 0 Å². The summed E-state index contributed by atoms with van der Waals surface area (Å²) in [5.41, 5.74) is 1.67. The maximum absolute atomic E-state index is 11.8. The zero-order valence-corrected chi connectivity index (χ0v) is 12.3. The van der Waals surface area contributed by atoms with Gasteiger partial charge in [-0.25, -0.2) is 8.42 Å². The van der Waals surface area contributed by atoms with Gasteiger partial charge in [0, 0.05) is 47.4 Å². The number of sulfone groups is 1. The molecule has 0 fully saturated rings. The molecular formula is C16H16N2O2S. The lowest BCUT2D eigenvalue weighted by Crippen LogP contribution is -1.92. The lowest BCUT2D eigenvalue weighted by Gasteiger charge is -1.94. The van der Waals surface area contributed by atoms with Gasteiger partial charge in [-0.15, -0.1) is 0 Å².